The minimum Gasteiger partial charge on any atom is -0.459 e. The van der Waals surface area contributed by atoms with E-state index in [0.29, 0.717) is 26.1 Å². The summed E-state index contributed by atoms with van der Waals surface area (Å²) >= 11 is 0. The molecule has 0 radical (unpaired) electrons. The summed E-state index contributed by atoms with van der Waals surface area (Å²) in [5.74, 6) is -0.290. The third kappa shape index (κ3) is 4.06. The van der Waals surface area contributed by atoms with Gasteiger partial charge in [0.2, 0.25) is 0 Å². The number of nitrogens with zero attached hydrogens (tertiary/aromatic N) is 2. The molecule has 2 heterocycles. The number of piperazine rings is 1. The minimum absolute atomic E-state index is 0.0298. The van der Waals surface area contributed by atoms with Gasteiger partial charge in [-0.15, -0.1) is 0 Å². The maximum Gasteiger partial charge on any atom is 0.329 e. The summed E-state index contributed by atoms with van der Waals surface area (Å²) in [5, 5.41) is 3.24. The third-order valence-electron chi connectivity index (χ3n) is 4.63. The van der Waals surface area contributed by atoms with Crippen LogP contribution in [0.4, 0.5) is 4.79 Å². The Morgan fingerprint density at radius 3 is 2.58 bits per heavy atom. The van der Waals surface area contributed by atoms with Gasteiger partial charge < -0.3 is 19.9 Å². The molecule has 0 aliphatic carbocycles. The molecule has 2 aliphatic rings. The quantitative estimate of drug-likeness (QED) is 0.855. The molecule has 2 fully saturated rings. The first-order valence-electron chi connectivity index (χ1n) is 8.72. The van der Waals surface area contributed by atoms with Crippen molar-refractivity contribution in [1.82, 2.24) is 15.1 Å². The number of hydrogen-bond acceptors (Lipinski definition) is 4. The number of esters is 1. The van der Waals surface area contributed by atoms with Crippen molar-refractivity contribution in [3.8, 4) is 0 Å². The second-order valence-electron chi connectivity index (χ2n) is 6.32. The van der Waals surface area contributed by atoms with Gasteiger partial charge in [0.15, 0.2) is 0 Å². The molecule has 3 rings (SSSR count). The Labute approximate surface area is 142 Å². The van der Waals surface area contributed by atoms with Crippen LogP contribution in [-0.2, 0) is 16.1 Å². The Kier molecular flexibility index (Phi) is 5.69. The molecule has 1 aromatic rings. The average Bonchev–Trinajstić information content (AvgIpc) is 2.67. The van der Waals surface area contributed by atoms with Gasteiger partial charge in [-0.1, -0.05) is 30.3 Å². The summed E-state index contributed by atoms with van der Waals surface area (Å²) in [5.41, 5.74) is 0.960. The highest BCUT2D eigenvalue weighted by atomic mass is 16.5. The molecule has 2 aliphatic heterocycles. The zero-order valence-corrected chi connectivity index (χ0v) is 13.9. The average molecular weight is 331 g/mol. The second-order valence-corrected chi connectivity index (χ2v) is 6.32. The molecule has 6 nitrogen and oxygen atoms in total. The summed E-state index contributed by atoms with van der Waals surface area (Å²) in [6, 6.07) is 9.15. The van der Waals surface area contributed by atoms with Crippen LogP contribution in [0.15, 0.2) is 30.3 Å². The predicted octanol–water partition coefficient (Wildman–Crippen LogP) is 1.61. The Morgan fingerprint density at radius 2 is 1.83 bits per heavy atom. The first-order valence-corrected chi connectivity index (χ1v) is 8.72. The van der Waals surface area contributed by atoms with Crippen LogP contribution in [0.1, 0.15) is 24.8 Å². The lowest BCUT2D eigenvalue weighted by atomic mass is 10.0. The third-order valence-corrected chi connectivity index (χ3v) is 4.63. The summed E-state index contributed by atoms with van der Waals surface area (Å²) in [7, 11) is 0. The van der Waals surface area contributed by atoms with Crippen LogP contribution in [0.25, 0.3) is 0 Å². The summed E-state index contributed by atoms with van der Waals surface area (Å²) in [6.07, 6.45) is 2.59. The van der Waals surface area contributed by atoms with Crippen molar-refractivity contribution in [1.29, 1.82) is 0 Å². The lowest BCUT2D eigenvalue weighted by Gasteiger charge is -2.39. The van der Waals surface area contributed by atoms with Gasteiger partial charge in [0.25, 0.3) is 0 Å². The van der Waals surface area contributed by atoms with Crippen LogP contribution >= 0.6 is 0 Å². The second kappa shape index (κ2) is 8.15. The van der Waals surface area contributed by atoms with E-state index in [1.165, 1.54) is 0 Å². The largest absolute Gasteiger partial charge is 0.459 e. The van der Waals surface area contributed by atoms with Crippen LogP contribution in [0.2, 0.25) is 0 Å². The number of amides is 2. The van der Waals surface area contributed by atoms with Crippen molar-refractivity contribution >= 4 is 12.0 Å². The lowest BCUT2D eigenvalue weighted by Crippen LogP contribution is -2.57. The van der Waals surface area contributed by atoms with Gasteiger partial charge in [-0.05, 0) is 24.8 Å². The molecule has 6 heteroatoms. The van der Waals surface area contributed by atoms with Gasteiger partial charge in [-0.2, -0.15) is 0 Å². The van der Waals surface area contributed by atoms with Crippen molar-refractivity contribution in [3.05, 3.63) is 35.9 Å². The summed E-state index contributed by atoms with van der Waals surface area (Å²) in [6.45, 7) is 3.90. The normalized spacial score (nSPS) is 21.4. The molecule has 0 aromatic heterocycles. The number of likely N-dealkylation sites (tertiary alicyclic amines) is 1. The topological polar surface area (TPSA) is 61.9 Å². The van der Waals surface area contributed by atoms with Crippen molar-refractivity contribution in [2.24, 2.45) is 0 Å². The number of rotatable bonds is 3. The molecule has 0 saturated carbocycles. The predicted molar refractivity (Wildman–Crippen MR) is 90.4 cm³/mol. The van der Waals surface area contributed by atoms with Gasteiger partial charge in [-0.3, -0.25) is 0 Å². The standard InChI is InChI=1S/C18H25N3O3/c22-17(24-14-15-6-2-1-3-7-15)16-8-4-5-11-21(16)18(23)20-12-9-19-10-13-20/h1-3,6-7,16,19H,4-5,8-14H2. The van der Waals surface area contributed by atoms with Crippen LogP contribution in [-0.4, -0.2) is 60.6 Å². The maximum absolute atomic E-state index is 12.8. The molecule has 2 saturated heterocycles. The SMILES string of the molecule is O=C(OCc1ccccc1)C1CCCCN1C(=O)N1CCNCC1. The zero-order valence-electron chi connectivity index (χ0n) is 13.9. The highest BCUT2D eigenvalue weighted by molar-refractivity contribution is 5.84. The van der Waals surface area contributed by atoms with Crippen molar-refractivity contribution in [3.63, 3.8) is 0 Å². The zero-order chi connectivity index (χ0) is 16.8. The van der Waals surface area contributed by atoms with E-state index in [9.17, 15) is 9.59 Å². The number of urea groups is 1. The van der Waals surface area contributed by atoms with E-state index in [1.54, 1.807) is 4.90 Å². The van der Waals surface area contributed by atoms with Gasteiger partial charge in [0.05, 0.1) is 0 Å². The van der Waals surface area contributed by atoms with E-state index in [-0.39, 0.29) is 18.6 Å². The van der Waals surface area contributed by atoms with Gasteiger partial charge >= 0.3 is 12.0 Å². The molecular formula is C18H25N3O3. The van der Waals surface area contributed by atoms with E-state index < -0.39 is 6.04 Å². The van der Waals surface area contributed by atoms with E-state index in [0.717, 1.165) is 31.5 Å². The van der Waals surface area contributed by atoms with E-state index in [2.05, 4.69) is 5.32 Å². The minimum atomic E-state index is -0.454. The fourth-order valence-corrected chi connectivity index (χ4v) is 3.27. The Bertz CT molecular complexity index is 558. The Balaban J connectivity index is 1.60. The number of carbonyl (C=O) groups is 2. The molecule has 0 bridgehead atoms. The Morgan fingerprint density at radius 1 is 1.08 bits per heavy atom. The number of benzene rings is 1. The van der Waals surface area contributed by atoms with E-state index >= 15 is 0 Å². The number of piperidine rings is 1. The molecule has 2 amide bonds. The first kappa shape index (κ1) is 16.8. The molecular weight excluding hydrogens is 306 g/mol. The van der Waals surface area contributed by atoms with E-state index in [4.69, 9.17) is 4.74 Å². The van der Waals surface area contributed by atoms with Crippen LogP contribution in [0, 0.1) is 0 Å². The number of carbonyl (C=O) groups excluding carboxylic acids is 2. The lowest BCUT2D eigenvalue weighted by molar-refractivity contribution is -0.151. The molecule has 1 atom stereocenters. The smallest absolute Gasteiger partial charge is 0.329 e. The van der Waals surface area contributed by atoms with Crippen molar-refractivity contribution in [2.75, 3.05) is 32.7 Å². The van der Waals surface area contributed by atoms with Crippen molar-refractivity contribution in [2.45, 2.75) is 31.9 Å². The van der Waals surface area contributed by atoms with Gasteiger partial charge in [-0.25, -0.2) is 9.59 Å². The monoisotopic (exact) mass is 331 g/mol. The molecule has 24 heavy (non-hydrogen) atoms. The van der Waals surface area contributed by atoms with Gasteiger partial charge in [0, 0.05) is 32.7 Å². The van der Waals surface area contributed by atoms with Gasteiger partial charge in [0.1, 0.15) is 12.6 Å². The maximum atomic E-state index is 12.8. The number of hydrogen-bond donors (Lipinski definition) is 1. The van der Waals surface area contributed by atoms with Crippen molar-refractivity contribution < 1.29 is 14.3 Å². The first-order chi connectivity index (χ1) is 11.8. The number of nitrogens with one attached hydrogen (secondary N) is 1. The number of ether oxygens (including phenoxy) is 1. The van der Waals surface area contributed by atoms with E-state index in [1.807, 2.05) is 35.2 Å². The highest BCUT2D eigenvalue weighted by Gasteiger charge is 2.35. The van der Waals surface area contributed by atoms with Crippen LogP contribution < -0.4 is 5.32 Å². The molecule has 0 spiro atoms. The molecule has 1 unspecified atom stereocenters. The fourth-order valence-electron chi connectivity index (χ4n) is 3.27. The fraction of sp³-hybridized carbons (Fsp3) is 0.556. The van der Waals surface area contributed by atoms with Crippen LogP contribution in [0.3, 0.4) is 0 Å². The van der Waals surface area contributed by atoms with Crippen LogP contribution in [0.5, 0.6) is 0 Å². The summed E-state index contributed by atoms with van der Waals surface area (Å²) in [4.78, 5) is 28.8. The Hall–Kier alpha value is -2.08. The highest BCUT2D eigenvalue weighted by Crippen LogP contribution is 2.20. The molecule has 130 valence electrons. The molecule has 1 N–H and O–H groups in total. The summed E-state index contributed by atoms with van der Waals surface area (Å²) < 4.78 is 5.47. The molecule has 1 aromatic carbocycles.